The minimum atomic E-state index is -0.350. The normalized spacial score (nSPS) is 11.2. The van der Waals surface area contributed by atoms with Crippen molar-refractivity contribution < 1.29 is 5.11 Å². The molecule has 0 aliphatic heterocycles. The Kier molecular flexibility index (Phi) is 1.39. The number of aromatic nitrogens is 3. The van der Waals surface area contributed by atoms with E-state index in [0.29, 0.717) is 11.2 Å². The van der Waals surface area contributed by atoms with E-state index in [1.807, 2.05) is 12.1 Å². The van der Waals surface area contributed by atoms with Gasteiger partial charge >= 0.3 is 5.69 Å². The van der Waals surface area contributed by atoms with Crippen molar-refractivity contribution in [3.63, 3.8) is 0 Å². The van der Waals surface area contributed by atoms with Gasteiger partial charge in [0.25, 0.3) is 0 Å². The van der Waals surface area contributed by atoms with Crippen molar-refractivity contribution in [3.8, 4) is 5.75 Å². The van der Waals surface area contributed by atoms with Crippen molar-refractivity contribution in [2.45, 2.75) is 0 Å². The molecule has 2 heterocycles. The Balaban J connectivity index is 2.74. The van der Waals surface area contributed by atoms with Crippen molar-refractivity contribution in [1.29, 1.82) is 0 Å². The van der Waals surface area contributed by atoms with Gasteiger partial charge in [0.15, 0.2) is 5.65 Å². The van der Waals surface area contributed by atoms with Crippen LogP contribution in [0.15, 0.2) is 35.1 Å². The lowest BCUT2D eigenvalue weighted by molar-refractivity contribution is 0.479. The molecule has 0 unspecified atom stereocenters. The van der Waals surface area contributed by atoms with Crippen LogP contribution in [0.1, 0.15) is 0 Å². The van der Waals surface area contributed by atoms with Crippen LogP contribution in [0.25, 0.3) is 16.6 Å². The monoisotopic (exact) mass is 201 g/mol. The maximum absolute atomic E-state index is 11.5. The van der Waals surface area contributed by atoms with E-state index in [9.17, 15) is 9.90 Å². The van der Waals surface area contributed by atoms with Gasteiger partial charge in [-0.3, -0.25) is 0 Å². The summed E-state index contributed by atoms with van der Waals surface area (Å²) in [6.07, 6.45) is 0. The third-order valence-electron chi connectivity index (χ3n) is 2.38. The molecule has 0 aliphatic carbocycles. The summed E-state index contributed by atoms with van der Waals surface area (Å²) in [6, 6.07) is 8.63. The van der Waals surface area contributed by atoms with E-state index < -0.39 is 0 Å². The third kappa shape index (κ3) is 0.969. The molecule has 0 bridgehead atoms. The van der Waals surface area contributed by atoms with E-state index in [1.165, 1.54) is 4.40 Å². The van der Waals surface area contributed by atoms with Crippen LogP contribution in [-0.4, -0.2) is 19.7 Å². The zero-order chi connectivity index (χ0) is 10.4. The second-order valence-corrected chi connectivity index (χ2v) is 3.27. The molecule has 0 saturated carbocycles. The van der Waals surface area contributed by atoms with Gasteiger partial charge in [0.05, 0.1) is 0 Å². The Hall–Kier alpha value is -2.30. The van der Waals surface area contributed by atoms with E-state index in [4.69, 9.17) is 0 Å². The zero-order valence-corrected chi connectivity index (χ0v) is 7.64. The first-order chi connectivity index (χ1) is 7.27. The number of hydrogen-bond donors (Lipinski definition) is 2. The van der Waals surface area contributed by atoms with Crippen molar-refractivity contribution >= 4 is 16.6 Å². The zero-order valence-electron chi connectivity index (χ0n) is 7.64. The second-order valence-electron chi connectivity index (χ2n) is 3.27. The van der Waals surface area contributed by atoms with Gasteiger partial charge in [-0.25, -0.2) is 14.3 Å². The third-order valence-corrected chi connectivity index (χ3v) is 2.38. The topological polar surface area (TPSA) is 70.4 Å². The SMILES string of the molecule is O=c1[nH]nc2ccc3cccc(O)c3n12. The number of pyridine rings is 1. The molecule has 74 valence electrons. The number of hydrogen-bond acceptors (Lipinski definition) is 3. The second kappa shape index (κ2) is 2.60. The van der Waals surface area contributed by atoms with E-state index in [2.05, 4.69) is 10.2 Å². The van der Waals surface area contributed by atoms with Crippen molar-refractivity contribution in [2.24, 2.45) is 0 Å². The molecule has 0 fully saturated rings. The van der Waals surface area contributed by atoms with Gasteiger partial charge in [0.2, 0.25) is 0 Å². The average molecular weight is 201 g/mol. The smallest absolute Gasteiger partial charge is 0.348 e. The largest absolute Gasteiger partial charge is 0.506 e. The Morgan fingerprint density at radius 3 is 3.00 bits per heavy atom. The number of fused-ring (bicyclic) bond motifs is 3. The van der Waals surface area contributed by atoms with E-state index in [1.54, 1.807) is 18.2 Å². The molecule has 0 radical (unpaired) electrons. The molecule has 5 heteroatoms. The molecule has 2 N–H and O–H groups in total. The maximum Gasteiger partial charge on any atom is 0.348 e. The van der Waals surface area contributed by atoms with Crippen molar-refractivity contribution in [3.05, 3.63) is 40.8 Å². The Bertz CT molecular complexity index is 711. The van der Waals surface area contributed by atoms with Crippen LogP contribution in [0.3, 0.4) is 0 Å². The fraction of sp³-hybridized carbons (Fsp3) is 0. The molecule has 0 amide bonds. The minimum Gasteiger partial charge on any atom is -0.506 e. The highest BCUT2D eigenvalue weighted by molar-refractivity contribution is 5.86. The maximum atomic E-state index is 11.5. The van der Waals surface area contributed by atoms with Gasteiger partial charge in [0.1, 0.15) is 11.3 Å². The lowest BCUT2D eigenvalue weighted by atomic mass is 10.2. The molecule has 2 aromatic heterocycles. The summed E-state index contributed by atoms with van der Waals surface area (Å²) in [5, 5.41) is 16.7. The first kappa shape index (κ1) is 8.05. The highest BCUT2D eigenvalue weighted by atomic mass is 16.3. The number of rotatable bonds is 0. The van der Waals surface area contributed by atoms with Gasteiger partial charge in [0, 0.05) is 5.39 Å². The average Bonchev–Trinajstić information content (AvgIpc) is 2.61. The highest BCUT2D eigenvalue weighted by Gasteiger charge is 2.07. The van der Waals surface area contributed by atoms with Gasteiger partial charge in [-0.05, 0) is 18.2 Å². The summed E-state index contributed by atoms with van der Waals surface area (Å²) in [7, 11) is 0. The lowest BCUT2D eigenvalue weighted by Crippen LogP contribution is -2.09. The first-order valence-electron chi connectivity index (χ1n) is 4.45. The molecule has 3 aromatic rings. The lowest BCUT2D eigenvalue weighted by Gasteiger charge is -2.01. The van der Waals surface area contributed by atoms with Crippen LogP contribution >= 0.6 is 0 Å². The number of aromatic hydroxyl groups is 1. The Morgan fingerprint density at radius 1 is 1.27 bits per heavy atom. The van der Waals surface area contributed by atoms with Gasteiger partial charge in [-0.15, -0.1) is 0 Å². The predicted octanol–water partition coefficient (Wildman–Crippen LogP) is 0.881. The highest BCUT2D eigenvalue weighted by Crippen LogP contribution is 2.23. The van der Waals surface area contributed by atoms with Crippen LogP contribution in [0.5, 0.6) is 5.75 Å². The predicted molar refractivity (Wildman–Crippen MR) is 55.0 cm³/mol. The summed E-state index contributed by atoms with van der Waals surface area (Å²) < 4.78 is 1.35. The molecule has 5 nitrogen and oxygen atoms in total. The summed E-state index contributed by atoms with van der Waals surface area (Å²) in [5.74, 6) is 0.0709. The molecule has 3 rings (SSSR count). The number of nitrogens with one attached hydrogen (secondary N) is 1. The summed E-state index contributed by atoms with van der Waals surface area (Å²) >= 11 is 0. The number of phenolic OH excluding ortho intramolecular Hbond substituents is 1. The van der Waals surface area contributed by atoms with Crippen LogP contribution in [0, 0.1) is 0 Å². The van der Waals surface area contributed by atoms with Crippen LogP contribution in [0.2, 0.25) is 0 Å². The van der Waals surface area contributed by atoms with Gasteiger partial charge in [-0.1, -0.05) is 12.1 Å². The number of H-pyrrole nitrogens is 1. The van der Waals surface area contributed by atoms with Crippen molar-refractivity contribution in [1.82, 2.24) is 14.6 Å². The van der Waals surface area contributed by atoms with Crippen LogP contribution in [-0.2, 0) is 0 Å². The summed E-state index contributed by atoms with van der Waals surface area (Å²) in [6.45, 7) is 0. The molecule has 0 spiro atoms. The molecule has 0 saturated heterocycles. The van der Waals surface area contributed by atoms with E-state index >= 15 is 0 Å². The fourth-order valence-corrected chi connectivity index (χ4v) is 1.73. The Labute approximate surface area is 83.6 Å². The number of benzene rings is 1. The van der Waals surface area contributed by atoms with Crippen LogP contribution < -0.4 is 5.69 Å². The molecular weight excluding hydrogens is 194 g/mol. The molecular formula is C10H7N3O2. The summed E-state index contributed by atoms with van der Waals surface area (Å²) in [4.78, 5) is 11.5. The molecule has 1 aromatic carbocycles. The van der Waals surface area contributed by atoms with Crippen LogP contribution in [0.4, 0.5) is 0 Å². The fourth-order valence-electron chi connectivity index (χ4n) is 1.73. The Morgan fingerprint density at radius 2 is 2.13 bits per heavy atom. The van der Waals surface area contributed by atoms with Gasteiger partial charge < -0.3 is 5.11 Å². The van der Waals surface area contributed by atoms with E-state index in [0.717, 1.165) is 5.39 Å². The number of aromatic amines is 1. The standard InChI is InChI=1S/C10H7N3O2/c14-7-3-1-2-6-4-5-8-11-12-10(15)13(8)9(6)7/h1-5,14H,(H,12,15). The first-order valence-corrected chi connectivity index (χ1v) is 4.45. The number of para-hydroxylation sites is 1. The quantitative estimate of drug-likeness (QED) is 0.567. The number of phenols is 1. The molecule has 0 aliphatic rings. The minimum absolute atomic E-state index is 0.0709. The summed E-state index contributed by atoms with van der Waals surface area (Å²) in [5.41, 5.74) is 0.625. The molecule has 15 heavy (non-hydrogen) atoms. The van der Waals surface area contributed by atoms with E-state index in [-0.39, 0.29) is 11.4 Å². The van der Waals surface area contributed by atoms with Crippen molar-refractivity contribution in [2.75, 3.05) is 0 Å². The number of nitrogens with zero attached hydrogens (tertiary/aromatic N) is 2. The molecule has 0 atom stereocenters. The van der Waals surface area contributed by atoms with Gasteiger partial charge in [-0.2, -0.15) is 5.10 Å².